The minimum Gasteiger partial charge on any atom is -0.459 e. The van der Waals surface area contributed by atoms with Gasteiger partial charge in [0.1, 0.15) is 11.3 Å². The van der Waals surface area contributed by atoms with E-state index in [1.54, 1.807) is 0 Å². The zero-order chi connectivity index (χ0) is 17.9. The summed E-state index contributed by atoms with van der Waals surface area (Å²) in [4.78, 5) is 12.2. The molecule has 3 aliphatic rings. The van der Waals surface area contributed by atoms with Gasteiger partial charge >= 0.3 is 0 Å². The average molecular weight is 483 g/mol. The molecule has 6 nitrogen and oxygen atoms in total. The van der Waals surface area contributed by atoms with Crippen molar-refractivity contribution in [2.45, 2.75) is 19.5 Å². The van der Waals surface area contributed by atoms with Gasteiger partial charge in [-0.05, 0) is 19.1 Å². The molecule has 2 aromatic rings. The number of para-hydroxylation sites is 1. The number of hydrogen-bond donors (Lipinski definition) is 1. The molecule has 0 aliphatic carbocycles. The minimum atomic E-state index is 0. The SMILES string of the molecule is CCNC(=NCC1CN2CCN1CC2)N(C)Cc1cc2ccccc2o1.I. The highest BCUT2D eigenvalue weighted by molar-refractivity contribution is 14.0. The Morgan fingerprint density at radius 2 is 2.04 bits per heavy atom. The average Bonchev–Trinajstić information content (AvgIpc) is 3.08. The van der Waals surface area contributed by atoms with Crippen molar-refractivity contribution in [2.75, 3.05) is 52.9 Å². The first-order valence-corrected chi connectivity index (χ1v) is 9.66. The summed E-state index contributed by atoms with van der Waals surface area (Å²) in [7, 11) is 2.07. The summed E-state index contributed by atoms with van der Waals surface area (Å²) in [5, 5.41) is 4.57. The third kappa shape index (κ3) is 4.75. The highest BCUT2D eigenvalue weighted by atomic mass is 127. The van der Waals surface area contributed by atoms with E-state index in [1.165, 1.54) is 26.2 Å². The van der Waals surface area contributed by atoms with Crippen LogP contribution in [-0.2, 0) is 6.54 Å². The predicted molar refractivity (Wildman–Crippen MR) is 121 cm³/mol. The van der Waals surface area contributed by atoms with Crippen molar-refractivity contribution in [1.29, 1.82) is 0 Å². The van der Waals surface area contributed by atoms with Crippen LogP contribution in [0.5, 0.6) is 0 Å². The molecule has 2 bridgehead atoms. The number of furan rings is 1. The number of fused-ring (bicyclic) bond motifs is 4. The molecule has 0 saturated carbocycles. The number of nitrogens with zero attached hydrogens (tertiary/aromatic N) is 4. The first-order chi connectivity index (χ1) is 12.7. The van der Waals surface area contributed by atoms with Crippen molar-refractivity contribution in [3.8, 4) is 0 Å². The van der Waals surface area contributed by atoms with Gasteiger partial charge in [0, 0.05) is 57.7 Å². The summed E-state index contributed by atoms with van der Waals surface area (Å²) in [5.74, 6) is 1.91. The molecule has 7 heteroatoms. The van der Waals surface area contributed by atoms with E-state index in [1.807, 2.05) is 18.2 Å². The molecule has 1 atom stereocenters. The van der Waals surface area contributed by atoms with Crippen LogP contribution in [0.2, 0.25) is 0 Å². The molecule has 3 aliphatic heterocycles. The Bertz CT molecular complexity index is 736. The zero-order valence-corrected chi connectivity index (χ0v) is 18.6. The van der Waals surface area contributed by atoms with Crippen molar-refractivity contribution in [3.05, 3.63) is 36.1 Å². The summed E-state index contributed by atoms with van der Waals surface area (Å²) in [5.41, 5.74) is 0.943. The van der Waals surface area contributed by atoms with Crippen LogP contribution >= 0.6 is 24.0 Å². The number of halogens is 1. The van der Waals surface area contributed by atoms with Crippen LogP contribution in [0.1, 0.15) is 12.7 Å². The van der Waals surface area contributed by atoms with E-state index in [2.05, 4.69) is 46.1 Å². The lowest BCUT2D eigenvalue weighted by Gasteiger charge is -2.47. The van der Waals surface area contributed by atoms with Crippen LogP contribution < -0.4 is 5.32 Å². The van der Waals surface area contributed by atoms with E-state index in [-0.39, 0.29) is 24.0 Å². The van der Waals surface area contributed by atoms with Gasteiger partial charge in [-0.2, -0.15) is 0 Å². The van der Waals surface area contributed by atoms with Gasteiger partial charge in [0.05, 0.1) is 13.1 Å². The summed E-state index contributed by atoms with van der Waals surface area (Å²) in [6.45, 7) is 10.5. The van der Waals surface area contributed by atoms with E-state index >= 15 is 0 Å². The fourth-order valence-corrected chi connectivity index (χ4v) is 3.98. The Balaban J connectivity index is 0.00000210. The highest BCUT2D eigenvalue weighted by Gasteiger charge is 2.31. The molecular weight excluding hydrogens is 453 g/mol. The third-order valence-corrected chi connectivity index (χ3v) is 5.41. The summed E-state index contributed by atoms with van der Waals surface area (Å²) in [6, 6.07) is 10.8. The number of benzene rings is 1. The van der Waals surface area contributed by atoms with Crippen molar-refractivity contribution in [2.24, 2.45) is 4.99 Å². The first-order valence-electron chi connectivity index (χ1n) is 9.66. The Hall–Kier alpha value is -1.32. The van der Waals surface area contributed by atoms with Crippen molar-refractivity contribution < 1.29 is 4.42 Å². The Labute approximate surface area is 178 Å². The monoisotopic (exact) mass is 483 g/mol. The van der Waals surface area contributed by atoms with Crippen LogP contribution in [-0.4, -0.2) is 79.6 Å². The standard InChI is InChI=1S/C20H29N5O.HI/c1-3-21-20(22-13-17-14-24-8-10-25(17)11-9-24)23(2)15-18-12-16-6-4-5-7-19(16)26-18;/h4-7,12,17H,3,8-11,13-15H2,1-2H3,(H,21,22);1H. The lowest BCUT2D eigenvalue weighted by Crippen LogP contribution is -2.62. The van der Waals surface area contributed by atoms with Crippen LogP contribution in [0, 0.1) is 0 Å². The van der Waals surface area contributed by atoms with Gasteiger partial charge in [-0.1, -0.05) is 18.2 Å². The smallest absolute Gasteiger partial charge is 0.194 e. The zero-order valence-electron chi connectivity index (χ0n) is 16.2. The second kappa shape index (κ2) is 9.25. The van der Waals surface area contributed by atoms with Gasteiger partial charge in [-0.15, -0.1) is 24.0 Å². The molecular formula is C20H30IN5O. The Kier molecular flexibility index (Phi) is 6.99. The van der Waals surface area contributed by atoms with Crippen molar-refractivity contribution in [1.82, 2.24) is 20.0 Å². The quantitative estimate of drug-likeness (QED) is 0.403. The molecule has 1 unspecified atom stereocenters. The number of aliphatic imine (C=N–C) groups is 1. The fraction of sp³-hybridized carbons (Fsp3) is 0.550. The van der Waals surface area contributed by atoms with E-state index in [4.69, 9.17) is 9.41 Å². The molecule has 27 heavy (non-hydrogen) atoms. The third-order valence-electron chi connectivity index (χ3n) is 5.41. The Morgan fingerprint density at radius 3 is 2.70 bits per heavy atom. The molecule has 1 aromatic carbocycles. The maximum Gasteiger partial charge on any atom is 0.194 e. The van der Waals surface area contributed by atoms with Gasteiger partial charge in [0.25, 0.3) is 0 Å². The number of rotatable bonds is 5. The molecule has 0 spiro atoms. The maximum atomic E-state index is 5.96. The number of hydrogen-bond acceptors (Lipinski definition) is 4. The largest absolute Gasteiger partial charge is 0.459 e. The molecule has 0 radical (unpaired) electrons. The van der Waals surface area contributed by atoms with Crippen LogP contribution in [0.4, 0.5) is 0 Å². The van der Waals surface area contributed by atoms with Crippen molar-refractivity contribution in [3.63, 3.8) is 0 Å². The second-order valence-electron chi connectivity index (χ2n) is 7.29. The van der Waals surface area contributed by atoms with Crippen molar-refractivity contribution >= 4 is 40.9 Å². The number of guanidine groups is 1. The van der Waals surface area contributed by atoms with Gasteiger partial charge < -0.3 is 14.6 Å². The number of nitrogens with one attached hydrogen (secondary N) is 1. The summed E-state index contributed by atoms with van der Waals surface area (Å²) >= 11 is 0. The molecule has 3 fully saturated rings. The molecule has 148 valence electrons. The van der Waals surface area contributed by atoms with E-state index in [0.717, 1.165) is 42.3 Å². The molecule has 3 saturated heterocycles. The summed E-state index contributed by atoms with van der Waals surface area (Å²) in [6.07, 6.45) is 0. The van der Waals surface area contributed by atoms with Gasteiger partial charge in [-0.3, -0.25) is 14.8 Å². The molecule has 1 aromatic heterocycles. The normalized spacial score (nSPS) is 24.7. The molecule has 0 amide bonds. The molecule has 5 rings (SSSR count). The van der Waals surface area contributed by atoms with E-state index in [0.29, 0.717) is 12.6 Å². The minimum absolute atomic E-state index is 0. The molecule has 1 N–H and O–H groups in total. The topological polar surface area (TPSA) is 47.3 Å². The van der Waals surface area contributed by atoms with Crippen LogP contribution in [0.15, 0.2) is 39.7 Å². The number of piperazine rings is 3. The Morgan fingerprint density at radius 1 is 1.26 bits per heavy atom. The highest BCUT2D eigenvalue weighted by Crippen LogP contribution is 2.20. The second-order valence-corrected chi connectivity index (χ2v) is 7.29. The van der Waals surface area contributed by atoms with Gasteiger partial charge in [0.2, 0.25) is 0 Å². The predicted octanol–water partition coefficient (Wildman–Crippen LogP) is 2.45. The van der Waals surface area contributed by atoms with E-state index < -0.39 is 0 Å². The van der Waals surface area contributed by atoms with E-state index in [9.17, 15) is 0 Å². The summed E-state index contributed by atoms with van der Waals surface area (Å²) < 4.78 is 5.96. The van der Waals surface area contributed by atoms with Gasteiger partial charge in [-0.25, -0.2) is 0 Å². The molecule has 4 heterocycles. The lowest BCUT2D eigenvalue weighted by molar-refractivity contribution is 0.0173. The first kappa shape index (κ1) is 20.4. The van der Waals surface area contributed by atoms with Gasteiger partial charge in [0.15, 0.2) is 5.96 Å². The van der Waals surface area contributed by atoms with Crippen LogP contribution in [0.25, 0.3) is 11.0 Å². The maximum absolute atomic E-state index is 5.96. The lowest BCUT2D eigenvalue weighted by atomic mass is 10.1. The fourth-order valence-electron chi connectivity index (χ4n) is 3.98. The van der Waals surface area contributed by atoms with Crippen LogP contribution in [0.3, 0.4) is 0 Å².